The summed E-state index contributed by atoms with van der Waals surface area (Å²) in [5.41, 5.74) is 1.71. The molecular weight excluding hydrogens is 470 g/mol. The molecule has 2 aliphatic rings. The van der Waals surface area contributed by atoms with Crippen LogP contribution in [-0.4, -0.2) is 52.0 Å². The number of pyridine rings is 1. The highest BCUT2D eigenvalue weighted by Crippen LogP contribution is 2.50. The van der Waals surface area contributed by atoms with Crippen LogP contribution < -0.4 is 20.7 Å². The highest BCUT2D eigenvalue weighted by Gasteiger charge is 2.48. The Morgan fingerprint density at radius 3 is 2.46 bits per heavy atom. The second kappa shape index (κ2) is 11.6. The number of methoxy groups -OCH3 is 1. The fraction of sp³-hybridized carbons (Fsp3) is 0.519. The fourth-order valence-corrected chi connectivity index (χ4v) is 4.90. The van der Waals surface area contributed by atoms with Gasteiger partial charge >= 0.3 is 0 Å². The zero-order valence-electron chi connectivity index (χ0n) is 21.9. The molecular formula is C27H37N7O3. The summed E-state index contributed by atoms with van der Waals surface area (Å²) in [5, 5.41) is 21.0. The Morgan fingerprint density at radius 2 is 1.86 bits per heavy atom. The lowest BCUT2D eigenvalue weighted by Crippen LogP contribution is -2.51. The first-order valence-corrected chi connectivity index (χ1v) is 12.9. The zero-order valence-corrected chi connectivity index (χ0v) is 21.9. The van der Waals surface area contributed by atoms with Gasteiger partial charge in [0.2, 0.25) is 11.8 Å². The van der Waals surface area contributed by atoms with Gasteiger partial charge in [0.25, 0.3) is 5.91 Å². The Balaban J connectivity index is 1.52. The number of ether oxygens (including phenoxy) is 1. The lowest BCUT2D eigenvalue weighted by Gasteiger charge is -2.28. The van der Waals surface area contributed by atoms with Crippen LogP contribution in [0.15, 0.2) is 42.5 Å². The predicted molar refractivity (Wildman–Crippen MR) is 141 cm³/mol. The van der Waals surface area contributed by atoms with Crippen molar-refractivity contribution in [2.45, 2.75) is 64.6 Å². The van der Waals surface area contributed by atoms with E-state index in [1.807, 2.05) is 32.9 Å². The molecule has 10 nitrogen and oxygen atoms in total. The summed E-state index contributed by atoms with van der Waals surface area (Å²) in [6, 6.07) is 2.96. The summed E-state index contributed by atoms with van der Waals surface area (Å²) in [5.74, 6) is 0.881. The van der Waals surface area contributed by atoms with Crippen molar-refractivity contribution in [3.05, 3.63) is 48.1 Å². The minimum absolute atomic E-state index is 0.0122. The quantitative estimate of drug-likeness (QED) is 0.243. The van der Waals surface area contributed by atoms with E-state index < -0.39 is 6.04 Å². The molecule has 2 aromatic heterocycles. The molecule has 0 bridgehead atoms. The molecule has 2 heterocycles. The van der Waals surface area contributed by atoms with Crippen LogP contribution in [0.3, 0.4) is 0 Å². The van der Waals surface area contributed by atoms with Crippen LogP contribution in [0, 0.1) is 23.2 Å². The number of nitrogens with zero attached hydrogens (tertiary/aromatic N) is 3. The van der Waals surface area contributed by atoms with Gasteiger partial charge in [-0.3, -0.25) is 14.3 Å². The third-order valence-corrected chi connectivity index (χ3v) is 6.94. The molecule has 0 aliphatic heterocycles. The number of rotatable bonds is 13. The lowest BCUT2D eigenvalue weighted by atomic mass is 9.88. The molecule has 198 valence electrons. The third kappa shape index (κ3) is 6.55. The fourth-order valence-electron chi connectivity index (χ4n) is 4.90. The number of aromatic nitrogens is 3. The van der Waals surface area contributed by atoms with Gasteiger partial charge in [0, 0.05) is 30.2 Å². The maximum Gasteiger partial charge on any atom is 0.268 e. The molecule has 4 N–H and O–H groups in total. The van der Waals surface area contributed by atoms with Gasteiger partial charge in [0.1, 0.15) is 11.7 Å². The molecule has 0 spiro atoms. The van der Waals surface area contributed by atoms with E-state index in [-0.39, 0.29) is 35.5 Å². The Kier molecular flexibility index (Phi) is 8.25. The van der Waals surface area contributed by atoms with Crippen LogP contribution in [0.25, 0.3) is 0 Å². The predicted octanol–water partition coefficient (Wildman–Crippen LogP) is 3.29. The molecule has 2 aliphatic carbocycles. The molecule has 0 saturated heterocycles. The topological polar surface area (TPSA) is 134 Å². The van der Waals surface area contributed by atoms with E-state index >= 15 is 0 Å². The standard InChI is InChI=1S/C27H37N7O3/c1-16(2)31-22(11-12-28)25(35)33-24(23(18-7-8-18)19-9-10-19)26(36)32-20-14-30-34(15-20)17(3)21-6-5-13-29-27(21)37-4/h5-6,11-19,23-24,28,31H,7-10H2,1-4H3,(H,32,36)(H,33,35)/b22-11-,28-12?. The minimum Gasteiger partial charge on any atom is -0.481 e. The van der Waals surface area contributed by atoms with E-state index in [0.717, 1.165) is 37.5 Å². The number of carbonyl (C=O) groups excluding carboxylic acids is 2. The van der Waals surface area contributed by atoms with Crippen molar-refractivity contribution in [2.75, 3.05) is 12.4 Å². The molecule has 4 rings (SSSR count). The van der Waals surface area contributed by atoms with Gasteiger partial charge in [-0.25, -0.2) is 4.98 Å². The first kappa shape index (κ1) is 26.4. The molecule has 2 amide bonds. The van der Waals surface area contributed by atoms with Crippen LogP contribution in [0.5, 0.6) is 5.88 Å². The summed E-state index contributed by atoms with van der Waals surface area (Å²) in [4.78, 5) is 31.1. The van der Waals surface area contributed by atoms with Crippen LogP contribution in [0.4, 0.5) is 5.69 Å². The van der Waals surface area contributed by atoms with Gasteiger partial charge in [-0.2, -0.15) is 5.10 Å². The van der Waals surface area contributed by atoms with Crippen molar-refractivity contribution < 1.29 is 14.3 Å². The van der Waals surface area contributed by atoms with Crippen LogP contribution >= 0.6 is 0 Å². The number of allylic oxidation sites excluding steroid dienone is 1. The molecule has 37 heavy (non-hydrogen) atoms. The van der Waals surface area contributed by atoms with Gasteiger partial charge in [-0.05, 0) is 82.4 Å². The highest BCUT2D eigenvalue weighted by molar-refractivity contribution is 6.02. The highest BCUT2D eigenvalue weighted by atomic mass is 16.5. The van der Waals surface area contributed by atoms with Gasteiger partial charge in [0.15, 0.2) is 0 Å². The summed E-state index contributed by atoms with van der Waals surface area (Å²) in [7, 11) is 1.58. The number of anilines is 1. The van der Waals surface area contributed by atoms with E-state index in [0.29, 0.717) is 23.4 Å². The third-order valence-electron chi connectivity index (χ3n) is 6.94. The van der Waals surface area contributed by atoms with Gasteiger partial charge in [-0.15, -0.1) is 0 Å². The number of hydrogen-bond acceptors (Lipinski definition) is 7. The van der Waals surface area contributed by atoms with E-state index in [2.05, 4.69) is 26.0 Å². The monoisotopic (exact) mass is 507 g/mol. The summed E-state index contributed by atoms with van der Waals surface area (Å²) in [6.07, 6.45) is 11.9. The molecule has 0 aromatic carbocycles. The molecule has 2 fully saturated rings. The van der Waals surface area contributed by atoms with Crippen molar-refractivity contribution in [3.63, 3.8) is 0 Å². The first-order chi connectivity index (χ1) is 17.8. The smallest absolute Gasteiger partial charge is 0.268 e. The Bertz CT molecular complexity index is 1140. The van der Waals surface area contributed by atoms with Crippen LogP contribution in [-0.2, 0) is 9.59 Å². The average molecular weight is 508 g/mol. The number of nitrogens with one attached hydrogen (secondary N) is 4. The maximum absolute atomic E-state index is 13.6. The van der Waals surface area contributed by atoms with E-state index in [9.17, 15) is 9.59 Å². The Morgan fingerprint density at radius 1 is 1.16 bits per heavy atom. The van der Waals surface area contributed by atoms with E-state index in [4.69, 9.17) is 10.1 Å². The molecule has 0 radical (unpaired) electrons. The Labute approximate surface area is 217 Å². The van der Waals surface area contributed by atoms with Crippen LogP contribution in [0.2, 0.25) is 0 Å². The second-order valence-corrected chi connectivity index (χ2v) is 10.2. The van der Waals surface area contributed by atoms with Crippen molar-refractivity contribution in [1.82, 2.24) is 25.4 Å². The van der Waals surface area contributed by atoms with Crippen LogP contribution in [0.1, 0.15) is 58.1 Å². The van der Waals surface area contributed by atoms with Crippen molar-refractivity contribution >= 4 is 23.7 Å². The van der Waals surface area contributed by atoms with Gasteiger partial charge in [-0.1, -0.05) is 0 Å². The largest absolute Gasteiger partial charge is 0.481 e. The number of hydrogen-bond donors (Lipinski definition) is 4. The molecule has 2 aromatic rings. The number of amides is 2. The second-order valence-electron chi connectivity index (χ2n) is 10.2. The van der Waals surface area contributed by atoms with Crippen molar-refractivity contribution in [1.29, 1.82) is 5.41 Å². The van der Waals surface area contributed by atoms with Gasteiger partial charge in [0.05, 0.1) is 25.0 Å². The maximum atomic E-state index is 13.6. The van der Waals surface area contributed by atoms with Crippen molar-refractivity contribution in [2.24, 2.45) is 17.8 Å². The normalized spacial score (nSPS) is 17.3. The van der Waals surface area contributed by atoms with E-state index in [1.54, 1.807) is 30.4 Å². The van der Waals surface area contributed by atoms with Crippen molar-refractivity contribution in [3.8, 4) is 5.88 Å². The zero-order chi connectivity index (χ0) is 26.5. The van der Waals surface area contributed by atoms with Gasteiger partial charge < -0.3 is 26.1 Å². The summed E-state index contributed by atoms with van der Waals surface area (Å²) in [6.45, 7) is 5.83. The SMILES string of the molecule is COc1ncccc1C(C)n1cc(NC(=O)C(NC(=O)/C(=C/C=N)NC(C)C)C(C2CC2)C2CC2)cn1. The molecule has 10 heteroatoms. The minimum atomic E-state index is -0.671. The first-order valence-electron chi connectivity index (χ1n) is 12.9. The molecule has 2 atom stereocenters. The summed E-state index contributed by atoms with van der Waals surface area (Å²) < 4.78 is 7.13. The van der Waals surface area contributed by atoms with E-state index in [1.165, 1.54) is 6.08 Å². The Hall–Kier alpha value is -3.69. The summed E-state index contributed by atoms with van der Waals surface area (Å²) >= 11 is 0. The molecule has 2 saturated carbocycles. The molecule has 2 unspecified atom stereocenters. The number of carbonyl (C=O) groups is 2. The average Bonchev–Trinajstić information content (AvgIpc) is 3.82. The lowest BCUT2D eigenvalue weighted by molar-refractivity contribution is -0.126.